The third-order valence-corrected chi connectivity index (χ3v) is 4.48. The van der Waals surface area contributed by atoms with Gasteiger partial charge in [-0.2, -0.15) is 38.1 Å². The lowest BCUT2D eigenvalue weighted by Crippen LogP contribution is -2.20. The second-order valence-electron chi connectivity index (χ2n) is 2.81. The molecule has 0 heterocycles. The smallest absolute Gasteiger partial charge is 0.298 e. The summed E-state index contributed by atoms with van der Waals surface area (Å²) in [6, 6.07) is 0. The Morgan fingerprint density at radius 2 is 1.35 bits per heavy atom. The molecule has 0 aromatic carbocycles. The molecule has 0 bridgehead atoms. The molecule has 0 aliphatic heterocycles. The summed E-state index contributed by atoms with van der Waals surface area (Å²) in [5, 5.41) is 0. The van der Waals surface area contributed by atoms with E-state index in [0.29, 0.717) is 0 Å². The molecule has 17 heavy (non-hydrogen) atoms. The largest absolute Gasteiger partial charge is 0.412 e. The Morgan fingerprint density at radius 1 is 1.00 bits per heavy atom. The highest BCUT2D eigenvalue weighted by Gasteiger charge is 2.38. The van der Waals surface area contributed by atoms with Gasteiger partial charge in [0.2, 0.25) is 0 Å². The van der Waals surface area contributed by atoms with Gasteiger partial charge in [0.1, 0.15) is 0 Å². The van der Waals surface area contributed by atoms with Gasteiger partial charge in [0, 0.05) is 0 Å². The fourth-order valence-electron chi connectivity index (χ4n) is 0.613. The zero-order chi connectivity index (χ0) is 13.7. The van der Waals surface area contributed by atoms with Crippen molar-refractivity contribution in [2.75, 3.05) is 25.0 Å². The number of thioether (sulfide) groups is 1. The van der Waals surface area contributed by atoms with Gasteiger partial charge in [-0.1, -0.05) is 0 Å². The highest BCUT2D eigenvalue weighted by atomic mass is 32.2. The fraction of sp³-hybridized carbons (Fsp3) is 1.00. The Balaban J connectivity index is 4.41. The molecule has 0 aliphatic rings. The highest BCUT2D eigenvalue weighted by molar-refractivity contribution is 8.03. The average molecular weight is 306 g/mol. The lowest BCUT2D eigenvalue weighted by molar-refractivity contribution is -0.165. The summed E-state index contributed by atoms with van der Waals surface area (Å²) in [5.41, 5.74) is -0.584. The van der Waals surface area contributed by atoms with Crippen LogP contribution in [0.4, 0.5) is 26.3 Å². The molecule has 0 N–H and O–H groups in total. The summed E-state index contributed by atoms with van der Waals surface area (Å²) in [4.78, 5) is 0. The van der Waals surface area contributed by atoms with Crippen molar-refractivity contribution in [1.82, 2.24) is 0 Å². The first kappa shape index (κ1) is 17.1. The molecule has 0 fully saturated rings. The van der Waals surface area contributed by atoms with Crippen LogP contribution in [-0.2, 0) is 13.6 Å². The maximum Gasteiger partial charge on any atom is 0.412 e. The molecule has 0 unspecified atom stereocenters. The van der Waals surface area contributed by atoms with Gasteiger partial charge in [0.25, 0.3) is 0 Å². The predicted molar refractivity (Wildman–Crippen MR) is 50.0 cm³/mol. The molecular weight excluding hydrogens is 297 g/mol. The van der Waals surface area contributed by atoms with E-state index in [1.54, 1.807) is 0 Å². The summed E-state index contributed by atoms with van der Waals surface area (Å²) in [5.74, 6) is 0. The van der Waals surface area contributed by atoms with Crippen molar-refractivity contribution in [3.05, 3.63) is 0 Å². The van der Waals surface area contributed by atoms with Crippen molar-refractivity contribution >= 4 is 19.4 Å². The van der Waals surface area contributed by atoms with E-state index >= 15 is 0 Å². The van der Waals surface area contributed by atoms with Crippen LogP contribution in [0.3, 0.4) is 0 Å². The standard InChI is InChI=1S/C6H9F6O3PS/c1-17-4-16(13,14-2-5(7,8)9)15-3-6(10,11)12/h2-4H2,1H3. The van der Waals surface area contributed by atoms with Crippen LogP contribution in [-0.4, -0.2) is 37.3 Å². The first-order valence-corrected chi connectivity index (χ1v) is 7.10. The number of halogens is 6. The Kier molecular flexibility index (Phi) is 6.34. The van der Waals surface area contributed by atoms with Gasteiger partial charge in [-0.3, -0.25) is 13.6 Å². The van der Waals surface area contributed by atoms with E-state index < -0.39 is 38.7 Å². The van der Waals surface area contributed by atoms with Crippen LogP contribution in [0.25, 0.3) is 0 Å². The summed E-state index contributed by atoms with van der Waals surface area (Å²) in [6.07, 6.45) is -8.22. The van der Waals surface area contributed by atoms with Gasteiger partial charge in [-0.05, 0) is 6.26 Å². The lowest BCUT2D eigenvalue weighted by Gasteiger charge is -2.19. The molecule has 0 radical (unpaired) electrons. The number of hydrogen-bond acceptors (Lipinski definition) is 4. The van der Waals surface area contributed by atoms with Gasteiger partial charge < -0.3 is 0 Å². The third-order valence-electron chi connectivity index (χ3n) is 1.14. The topological polar surface area (TPSA) is 35.5 Å². The van der Waals surface area contributed by atoms with Crippen molar-refractivity contribution in [2.24, 2.45) is 0 Å². The molecule has 0 atom stereocenters. The molecule has 104 valence electrons. The molecule has 0 aromatic heterocycles. The molecule has 0 saturated carbocycles. The van der Waals surface area contributed by atoms with E-state index in [1.165, 1.54) is 6.26 Å². The first-order chi connectivity index (χ1) is 7.47. The van der Waals surface area contributed by atoms with Crippen molar-refractivity contribution in [2.45, 2.75) is 12.4 Å². The van der Waals surface area contributed by atoms with E-state index in [9.17, 15) is 30.9 Å². The van der Waals surface area contributed by atoms with Gasteiger partial charge in [0.05, 0.1) is 5.49 Å². The number of hydrogen-bond donors (Lipinski definition) is 0. The maximum absolute atomic E-state index is 11.8. The van der Waals surface area contributed by atoms with Gasteiger partial charge in [0.15, 0.2) is 13.2 Å². The van der Waals surface area contributed by atoms with Crippen molar-refractivity contribution in [1.29, 1.82) is 0 Å². The molecule has 0 aliphatic carbocycles. The summed E-state index contributed by atoms with van der Waals surface area (Å²) in [6.45, 7) is -3.83. The SMILES string of the molecule is CSCP(=O)(OCC(F)(F)F)OCC(F)(F)F. The molecule has 0 aromatic rings. The Hall–Kier alpha value is 0.0800. The zero-order valence-corrected chi connectivity index (χ0v) is 10.2. The average Bonchev–Trinajstić information content (AvgIpc) is 2.11. The van der Waals surface area contributed by atoms with Crippen LogP contribution in [0.5, 0.6) is 0 Å². The maximum atomic E-state index is 11.8. The van der Waals surface area contributed by atoms with E-state index in [-0.39, 0.29) is 0 Å². The first-order valence-electron chi connectivity index (χ1n) is 3.98. The Bertz CT molecular complexity index is 256. The van der Waals surface area contributed by atoms with Crippen LogP contribution in [0.15, 0.2) is 0 Å². The van der Waals surface area contributed by atoms with Crippen LogP contribution in [0.2, 0.25) is 0 Å². The molecule has 3 nitrogen and oxygen atoms in total. The van der Waals surface area contributed by atoms with Gasteiger partial charge in [-0.15, -0.1) is 0 Å². The minimum atomic E-state index is -4.78. The second kappa shape index (κ2) is 6.31. The quantitative estimate of drug-likeness (QED) is 0.554. The molecule has 0 rings (SSSR count). The van der Waals surface area contributed by atoms with Crippen LogP contribution < -0.4 is 0 Å². The minimum Gasteiger partial charge on any atom is -0.298 e. The van der Waals surface area contributed by atoms with E-state index in [0.717, 1.165) is 11.8 Å². The third kappa shape index (κ3) is 9.75. The van der Waals surface area contributed by atoms with E-state index in [2.05, 4.69) is 9.05 Å². The molecule has 11 heteroatoms. The molecular formula is C6H9F6O3PS. The van der Waals surface area contributed by atoms with E-state index in [4.69, 9.17) is 0 Å². The Labute approximate surface area is 97.4 Å². The summed E-state index contributed by atoms with van der Waals surface area (Å²) >= 11 is 0.762. The number of rotatable bonds is 6. The minimum absolute atomic E-state index is 0.584. The summed E-state index contributed by atoms with van der Waals surface area (Å²) < 4.78 is 89.9. The summed E-state index contributed by atoms with van der Waals surface area (Å²) in [7, 11) is -4.39. The Morgan fingerprint density at radius 3 is 1.59 bits per heavy atom. The van der Waals surface area contributed by atoms with Gasteiger partial charge in [-0.25, -0.2) is 0 Å². The van der Waals surface area contributed by atoms with E-state index in [1.807, 2.05) is 0 Å². The normalized spacial score (nSPS) is 14.1. The molecule has 0 saturated heterocycles. The van der Waals surface area contributed by atoms with Gasteiger partial charge >= 0.3 is 19.9 Å². The van der Waals surface area contributed by atoms with Crippen LogP contribution >= 0.6 is 19.4 Å². The monoisotopic (exact) mass is 306 g/mol. The predicted octanol–water partition coefficient (Wildman–Crippen LogP) is 3.66. The zero-order valence-electron chi connectivity index (χ0n) is 8.47. The van der Waals surface area contributed by atoms with Crippen LogP contribution in [0.1, 0.15) is 0 Å². The lowest BCUT2D eigenvalue weighted by atomic mass is 10.7. The van der Waals surface area contributed by atoms with Crippen molar-refractivity contribution in [3.63, 3.8) is 0 Å². The molecule has 0 spiro atoms. The van der Waals surface area contributed by atoms with Crippen molar-refractivity contribution < 1.29 is 40.0 Å². The second-order valence-corrected chi connectivity index (χ2v) is 6.15. The highest BCUT2D eigenvalue weighted by Crippen LogP contribution is 2.52. The fourth-order valence-corrected chi connectivity index (χ4v) is 3.23. The van der Waals surface area contributed by atoms with Crippen LogP contribution in [0, 0.1) is 0 Å². The molecule has 0 amide bonds. The van der Waals surface area contributed by atoms with Crippen molar-refractivity contribution in [3.8, 4) is 0 Å². The number of alkyl halides is 6.